The first-order chi connectivity index (χ1) is 11.6. The van der Waals surface area contributed by atoms with Crippen LogP contribution in [-0.4, -0.2) is 33.8 Å². The molecule has 0 amide bonds. The van der Waals surface area contributed by atoms with Gasteiger partial charge in [0, 0.05) is 5.56 Å². The Labute approximate surface area is 150 Å². The van der Waals surface area contributed by atoms with Crippen molar-refractivity contribution in [2.45, 2.75) is 20.8 Å². The van der Waals surface area contributed by atoms with Crippen LogP contribution in [0.15, 0.2) is 36.4 Å². The minimum Gasteiger partial charge on any atom is -0.772 e. The summed E-state index contributed by atoms with van der Waals surface area (Å²) in [5.74, 6) is -1.44. The molecule has 0 bridgehead atoms. The third kappa shape index (κ3) is 4.84. The molecule has 1 unspecified atom stereocenters. The van der Waals surface area contributed by atoms with Crippen LogP contribution in [0.2, 0.25) is 0 Å². The fourth-order valence-electron chi connectivity index (χ4n) is 3.01. The summed E-state index contributed by atoms with van der Waals surface area (Å²) in [4.78, 5) is 12.5. The number of hydrogen-bond acceptors (Lipinski definition) is 5. The lowest BCUT2D eigenvalue weighted by atomic mass is 9.90. The van der Waals surface area contributed by atoms with Gasteiger partial charge in [-0.05, 0) is 54.1 Å². The van der Waals surface area contributed by atoms with Gasteiger partial charge < -0.3 is 4.55 Å². The number of ketones is 1. The summed E-state index contributed by atoms with van der Waals surface area (Å²) < 4.78 is 45.0. The predicted octanol–water partition coefficient (Wildman–Crippen LogP) is 2.71. The fraction of sp³-hybridized carbons (Fsp3) is 0.278. The number of rotatable bonds is 6. The Morgan fingerprint density at radius 2 is 1.64 bits per heavy atom. The van der Waals surface area contributed by atoms with E-state index in [-0.39, 0.29) is 5.56 Å². The highest BCUT2D eigenvalue weighted by atomic mass is 32.3. The van der Waals surface area contributed by atoms with E-state index in [1.807, 2.05) is 32.9 Å². The monoisotopic (exact) mass is 379 g/mol. The fourth-order valence-corrected chi connectivity index (χ4v) is 5.08. The van der Waals surface area contributed by atoms with Gasteiger partial charge in [0.1, 0.15) is 10.8 Å². The van der Waals surface area contributed by atoms with Crippen molar-refractivity contribution in [1.82, 2.24) is 0 Å². The molecule has 0 radical (unpaired) electrons. The Balaban J connectivity index is 2.50. The zero-order valence-corrected chi connectivity index (χ0v) is 15.9. The summed E-state index contributed by atoms with van der Waals surface area (Å²) >= 11 is -2.75. The normalized spacial score (nSPS) is 12.8. The van der Waals surface area contributed by atoms with Crippen molar-refractivity contribution < 1.29 is 22.0 Å². The van der Waals surface area contributed by atoms with Gasteiger partial charge in [0.25, 0.3) is 0 Å². The van der Waals surface area contributed by atoms with E-state index in [1.54, 1.807) is 24.3 Å². The summed E-state index contributed by atoms with van der Waals surface area (Å²) in [7, 11) is -4.02. The molecule has 0 aliphatic rings. The average Bonchev–Trinajstić information content (AvgIpc) is 2.44. The van der Waals surface area contributed by atoms with E-state index in [1.165, 1.54) is 0 Å². The molecule has 5 nitrogen and oxygen atoms in total. The third-order valence-electron chi connectivity index (χ3n) is 3.80. The van der Waals surface area contributed by atoms with Crippen molar-refractivity contribution in [3.63, 3.8) is 0 Å². The van der Waals surface area contributed by atoms with Crippen LogP contribution in [0, 0.1) is 20.8 Å². The molecule has 0 aromatic heterocycles. The van der Waals surface area contributed by atoms with Crippen molar-refractivity contribution >= 4 is 26.7 Å². The summed E-state index contributed by atoms with van der Waals surface area (Å²) in [5.41, 5.74) is 4.89. The molecule has 2 aromatic rings. The zero-order chi connectivity index (χ0) is 18.8. The van der Waals surface area contributed by atoms with E-state index < -0.39 is 37.5 Å². The van der Waals surface area contributed by atoms with E-state index in [4.69, 9.17) is 0 Å². The number of aryl methyl sites for hydroxylation is 3. The van der Waals surface area contributed by atoms with Crippen LogP contribution >= 0.6 is 0 Å². The predicted molar refractivity (Wildman–Crippen MR) is 98.0 cm³/mol. The molecule has 0 aliphatic heterocycles. The lowest BCUT2D eigenvalue weighted by Gasteiger charge is -2.15. The van der Waals surface area contributed by atoms with Crippen LogP contribution in [0.3, 0.4) is 0 Å². The zero-order valence-electron chi connectivity index (χ0n) is 14.2. The molecule has 2 aromatic carbocycles. The molecule has 0 N–H and O–H groups in total. The van der Waals surface area contributed by atoms with Gasteiger partial charge in [-0.25, -0.2) is 8.42 Å². The van der Waals surface area contributed by atoms with Crippen molar-refractivity contribution in [3.05, 3.63) is 58.7 Å². The highest BCUT2D eigenvalue weighted by Gasteiger charge is 2.22. The molecule has 0 fully saturated rings. The Hall–Kier alpha value is -1.83. The minimum atomic E-state index is -4.02. The van der Waals surface area contributed by atoms with Gasteiger partial charge in [-0.2, -0.15) is 0 Å². The van der Waals surface area contributed by atoms with Gasteiger partial charge in [0.2, 0.25) is 0 Å². The van der Waals surface area contributed by atoms with Crippen molar-refractivity contribution in [2.24, 2.45) is 0 Å². The number of Topliss-reactive ketones (excluding diaryl/α,β-unsaturated/α-hetero) is 1. The van der Waals surface area contributed by atoms with E-state index in [0.717, 1.165) is 22.3 Å². The van der Waals surface area contributed by atoms with E-state index >= 15 is 0 Å². The maximum absolute atomic E-state index is 12.5. The van der Waals surface area contributed by atoms with Crippen LogP contribution in [0.4, 0.5) is 0 Å². The maximum atomic E-state index is 12.5. The van der Waals surface area contributed by atoms with Crippen molar-refractivity contribution in [3.8, 4) is 11.1 Å². The quantitative estimate of drug-likeness (QED) is 0.568. The second kappa shape index (κ2) is 7.59. The number of hydrogen-bond donors (Lipinski definition) is 0. The standard InChI is InChI=1S/C18H20O5S2/c1-12-8-13(2)18(14(3)9-12)16-7-5-4-6-15(16)17(19)10-25(22,23)11-24(20)21/h4-9H,10-11H2,1-3H3,(H,20,21)/p-1. The first-order valence-corrected chi connectivity index (χ1v) is 10.6. The molecule has 0 spiro atoms. The molecule has 0 saturated carbocycles. The summed E-state index contributed by atoms with van der Waals surface area (Å²) in [5, 5.41) is -1.05. The van der Waals surface area contributed by atoms with E-state index in [9.17, 15) is 22.0 Å². The lowest BCUT2D eigenvalue weighted by Crippen LogP contribution is -2.21. The molecule has 0 heterocycles. The summed E-state index contributed by atoms with van der Waals surface area (Å²) in [6.45, 7) is 5.86. The molecule has 0 aliphatic carbocycles. The SMILES string of the molecule is Cc1cc(C)c(-c2ccccc2C(=O)CS(=O)(=O)CS(=O)[O-])c(C)c1. The number of benzene rings is 2. The first kappa shape index (κ1) is 19.5. The molecule has 2 rings (SSSR count). The van der Waals surface area contributed by atoms with Crippen LogP contribution in [0.1, 0.15) is 27.0 Å². The molecule has 134 valence electrons. The highest BCUT2D eigenvalue weighted by molar-refractivity contribution is 8.03. The third-order valence-corrected chi connectivity index (χ3v) is 6.71. The Kier molecular flexibility index (Phi) is 5.92. The van der Waals surface area contributed by atoms with Gasteiger partial charge in [-0.1, -0.05) is 42.0 Å². The second-order valence-electron chi connectivity index (χ2n) is 6.05. The Morgan fingerprint density at radius 3 is 2.20 bits per heavy atom. The van der Waals surface area contributed by atoms with Crippen molar-refractivity contribution in [2.75, 3.05) is 10.8 Å². The van der Waals surface area contributed by atoms with Gasteiger partial charge in [0.15, 0.2) is 15.6 Å². The van der Waals surface area contributed by atoms with Crippen LogP contribution in [0.25, 0.3) is 11.1 Å². The smallest absolute Gasteiger partial charge is 0.178 e. The molecule has 7 heteroatoms. The topological polar surface area (TPSA) is 91.3 Å². The Bertz CT molecular complexity index is 923. The highest BCUT2D eigenvalue weighted by Crippen LogP contribution is 2.31. The van der Waals surface area contributed by atoms with E-state index in [0.29, 0.717) is 5.56 Å². The first-order valence-electron chi connectivity index (χ1n) is 7.57. The Morgan fingerprint density at radius 1 is 1.08 bits per heavy atom. The maximum Gasteiger partial charge on any atom is 0.178 e. The molecular weight excluding hydrogens is 360 g/mol. The van der Waals surface area contributed by atoms with E-state index in [2.05, 4.69) is 0 Å². The second-order valence-corrected chi connectivity index (χ2v) is 9.38. The van der Waals surface area contributed by atoms with Crippen LogP contribution in [0.5, 0.6) is 0 Å². The van der Waals surface area contributed by atoms with Gasteiger partial charge in [-0.15, -0.1) is 0 Å². The largest absolute Gasteiger partial charge is 0.772 e. The number of sulfone groups is 1. The van der Waals surface area contributed by atoms with Crippen molar-refractivity contribution in [1.29, 1.82) is 0 Å². The van der Waals surface area contributed by atoms with Gasteiger partial charge in [-0.3, -0.25) is 9.00 Å². The van der Waals surface area contributed by atoms with Crippen LogP contribution < -0.4 is 0 Å². The average molecular weight is 379 g/mol. The molecular formula is C18H19O5S2-. The lowest BCUT2D eigenvalue weighted by molar-refractivity contribution is 0.102. The van der Waals surface area contributed by atoms with Crippen LogP contribution in [-0.2, 0) is 20.9 Å². The summed E-state index contributed by atoms with van der Waals surface area (Å²) in [6, 6.07) is 10.8. The van der Waals surface area contributed by atoms with Gasteiger partial charge in [0.05, 0.1) is 0 Å². The molecule has 1 atom stereocenters. The molecule has 0 saturated heterocycles. The number of carbonyl (C=O) groups excluding carboxylic acids is 1. The molecule has 25 heavy (non-hydrogen) atoms. The summed E-state index contributed by atoms with van der Waals surface area (Å²) in [6.07, 6.45) is 0. The minimum absolute atomic E-state index is 0.276. The number of carbonyl (C=O) groups is 1. The van der Waals surface area contributed by atoms with Gasteiger partial charge >= 0.3 is 0 Å².